The van der Waals surface area contributed by atoms with Gasteiger partial charge in [-0.05, 0) is 24.6 Å². The number of hydrogen-bond donors (Lipinski definition) is 0. The number of hydrogen-bond acceptors (Lipinski definition) is 3. The first-order chi connectivity index (χ1) is 7.72. The molecule has 0 aliphatic carbocycles. The van der Waals surface area contributed by atoms with Gasteiger partial charge in [-0.3, -0.25) is 4.79 Å². The molecular weight excluding hydrogens is 202 g/mol. The van der Waals surface area contributed by atoms with E-state index >= 15 is 0 Å². The average molecular weight is 215 g/mol. The number of nitrogens with zero attached hydrogens (tertiary/aromatic N) is 3. The molecule has 0 atom stereocenters. The first-order valence-electron chi connectivity index (χ1n) is 5.22. The Kier molecular flexibility index (Phi) is 2.81. The summed E-state index contributed by atoms with van der Waals surface area (Å²) >= 11 is 0. The number of rotatable bonds is 3. The van der Waals surface area contributed by atoms with Crippen molar-refractivity contribution in [1.29, 1.82) is 0 Å². The number of Topliss-reactive ketones (excluding diaryl/α,β-unsaturated/α-hetero) is 1. The Labute approximate surface area is 93.9 Å². The molecule has 0 saturated carbocycles. The Balaban J connectivity index is 2.41. The van der Waals surface area contributed by atoms with Crippen molar-refractivity contribution in [3.05, 3.63) is 41.9 Å². The second kappa shape index (κ2) is 4.26. The molecule has 0 spiro atoms. The van der Waals surface area contributed by atoms with Crippen LogP contribution in [0.25, 0.3) is 5.82 Å². The summed E-state index contributed by atoms with van der Waals surface area (Å²) in [5.74, 6) is 0.875. The van der Waals surface area contributed by atoms with Crippen molar-refractivity contribution in [2.45, 2.75) is 20.3 Å². The highest BCUT2D eigenvalue weighted by atomic mass is 16.1. The van der Waals surface area contributed by atoms with Gasteiger partial charge in [0.25, 0.3) is 0 Å². The van der Waals surface area contributed by atoms with Crippen molar-refractivity contribution in [2.75, 3.05) is 0 Å². The molecule has 4 nitrogen and oxygen atoms in total. The lowest BCUT2D eigenvalue weighted by Gasteiger charge is -2.06. The maximum atomic E-state index is 11.5. The summed E-state index contributed by atoms with van der Waals surface area (Å²) in [4.78, 5) is 15.8. The predicted molar refractivity (Wildman–Crippen MR) is 60.7 cm³/mol. The number of aromatic nitrogens is 3. The van der Waals surface area contributed by atoms with Gasteiger partial charge in [0.05, 0.1) is 0 Å². The number of aryl methyl sites for hydroxylation is 1. The Bertz CT molecular complexity index is 503. The zero-order valence-corrected chi connectivity index (χ0v) is 9.34. The third-order valence-corrected chi connectivity index (χ3v) is 2.42. The molecule has 82 valence electrons. The van der Waals surface area contributed by atoms with Gasteiger partial charge in [0.2, 0.25) is 0 Å². The topological polar surface area (TPSA) is 47.8 Å². The van der Waals surface area contributed by atoms with Crippen LogP contribution >= 0.6 is 0 Å². The summed E-state index contributed by atoms with van der Waals surface area (Å²) in [6.45, 7) is 3.77. The molecule has 4 heteroatoms. The summed E-state index contributed by atoms with van der Waals surface area (Å²) in [5, 5.41) is 4.11. The quantitative estimate of drug-likeness (QED) is 0.737. The summed E-state index contributed by atoms with van der Waals surface area (Å²) in [5.41, 5.74) is 1.61. The van der Waals surface area contributed by atoms with Crippen LogP contribution in [0.15, 0.2) is 30.7 Å². The van der Waals surface area contributed by atoms with Crippen LogP contribution < -0.4 is 0 Å². The second-order valence-corrected chi connectivity index (χ2v) is 3.59. The molecule has 2 rings (SSSR count). The molecule has 16 heavy (non-hydrogen) atoms. The van der Waals surface area contributed by atoms with Crippen LogP contribution in [-0.2, 0) is 0 Å². The van der Waals surface area contributed by atoms with E-state index in [2.05, 4.69) is 10.1 Å². The summed E-state index contributed by atoms with van der Waals surface area (Å²) in [7, 11) is 0. The molecule has 0 amide bonds. The largest absolute Gasteiger partial charge is 0.294 e. The number of pyridine rings is 1. The van der Waals surface area contributed by atoms with Gasteiger partial charge < -0.3 is 0 Å². The van der Waals surface area contributed by atoms with Gasteiger partial charge in [0.15, 0.2) is 11.6 Å². The van der Waals surface area contributed by atoms with E-state index in [1.165, 1.54) is 0 Å². The van der Waals surface area contributed by atoms with Crippen LogP contribution in [0.3, 0.4) is 0 Å². The molecule has 0 N–H and O–H groups in total. The van der Waals surface area contributed by atoms with Gasteiger partial charge in [-0.2, -0.15) is 5.10 Å². The van der Waals surface area contributed by atoms with Gasteiger partial charge in [0, 0.05) is 30.6 Å². The third-order valence-electron chi connectivity index (χ3n) is 2.42. The van der Waals surface area contributed by atoms with E-state index in [0.29, 0.717) is 12.0 Å². The fraction of sp³-hybridized carbons (Fsp3) is 0.250. The van der Waals surface area contributed by atoms with E-state index in [-0.39, 0.29) is 5.78 Å². The minimum atomic E-state index is 0.114. The summed E-state index contributed by atoms with van der Waals surface area (Å²) in [6.07, 6.45) is 5.64. The molecule has 0 aliphatic rings. The molecule has 2 aromatic heterocycles. The number of ketones is 1. The lowest BCUT2D eigenvalue weighted by atomic mass is 10.1. The molecule has 0 radical (unpaired) electrons. The fourth-order valence-electron chi connectivity index (χ4n) is 1.56. The number of carbonyl (C=O) groups is 1. The van der Waals surface area contributed by atoms with E-state index in [1.54, 1.807) is 17.1 Å². The molecule has 0 saturated heterocycles. The Morgan fingerprint density at radius 1 is 1.50 bits per heavy atom. The minimum absolute atomic E-state index is 0.114. The first kappa shape index (κ1) is 10.5. The van der Waals surface area contributed by atoms with E-state index in [0.717, 1.165) is 11.4 Å². The highest BCUT2D eigenvalue weighted by molar-refractivity contribution is 5.95. The van der Waals surface area contributed by atoms with Gasteiger partial charge in [-0.15, -0.1) is 0 Å². The minimum Gasteiger partial charge on any atom is -0.294 e. The van der Waals surface area contributed by atoms with Crippen molar-refractivity contribution >= 4 is 5.78 Å². The van der Waals surface area contributed by atoms with Crippen LogP contribution in [0, 0.1) is 6.92 Å². The molecular formula is C12H13N3O. The van der Waals surface area contributed by atoms with Crippen LogP contribution in [0.1, 0.15) is 29.3 Å². The summed E-state index contributed by atoms with van der Waals surface area (Å²) in [6, 6.07) is 3.70. The maximum Gasteiger partial charge on any atom is 0.164 e. The average Bonchev–Trinajstić information content (AvgIpc) is 2.81. The highest BCUT2D eigenvalue weighted by Gasteiger charge is 2.08. The standard InChI is InChI=1S/C12H13N3O/c1-3-11(16)10-7-9(2)12(13-8-10)15-6-4-5-14-15/h4-8H,3H2,1-2H3. The molecule has 0 fully saturated rings. The van der Waals surface area contributed by atoms with Crippen LogP contribution in [-0.4, -0.2) is 20.5 Å². The Morgan fingerprint density at radius 2 is 2.31 bits per heavy atom. The van der Waals surface area contributed by atoms with Gasteiger partial charge in [-0.25, -0.2) is 9.67 Å². The van der Waals surface area contributed by atoms with Gasteiger partial charge in [0.1, 0.15) is 0 Å². The summed E-state index contributed by atoms with van der Waals surface area (Å²) < 4.78 is 1.69. The van der Waals surface area contributed by atoms with E-state index < -0.39 is 0 Å². The zero-order valence-electron chi connectivity index (χ0n) is 9.34. The first-order valence-corrected chi connectivity index (χ1v) is 5.22. The molecule has 0 bridgehead atoms. The lowest BCUT2D eigenvalue weighted by molar-refractivity contribution is 0.0987. The maximum absolute atomic E-state index is 11.5. The monoisotopic (exact) mass is 215 g/mol. The number of carbonyl (C=O) groups excluding carboxylic acids is 1. The molecule has 0 aliphatic heterocycles. The normalized spacial score (nSPS) is 10.4. The third kappa shape index (κ3) is 1.86. The Morgan fingerprint density at radius 3 is 2.88 bits per heavy atom. The van der Waals surface area contributed by atoms with Gasteiger partial charge in [-0.1, -0.05) is 6.92 Å². The fourth-order valence-corrected chi connectivity index (χ4v) is 1.56. The van der Waals surface area contributed by atoms with Crippen LogP contribution in [0.4, 0.5) is 0 Å². The smallest absolute Gasteiger partial charge is 0.164 e. The molecule has 0 unspecified atom stereocenters. The SMILES string of the molecule is CCC(=O)c1cnc(-n2cccn2)c(C)c1. The zero-order chi connectivity index (χ0) is 11.5. The van der Waals surface area contributed by atoms with Crippen molar-refractivity contribution in [3.8, 4) is 5.82 Å². The van der Waals surface area contributed by atoms with Crippen molar-refractivity contribution in [1.82, 2.24) is 14.8 Å². The van der Waals surface area contributed by atoms with E-state index in [1.807, 2.05) is 32.2 Å². The van der Waals surface area contributed by atoms with Crippen molar-refractivity contribution < 1.29 is 4.79 Å². The lowest BCUT2D eigenvalue weighted by Crippen LogP contribution is -2.04. The van der Waals surface area contributed by atoms with Gasteiger partial charge >= 0.3 is 0 Å². The van der Waals surface area contributed by atoms with Crippen molar-refractivity contribution in [3.63, 3.8) is 0 Å². The van der Waals surface area contributed by atoms with E-state index in [4.69, 9.17) is 0 Å². The predicted octanol–water partition coefficient (Wildman–Crippen LogP) is 2.17. The van der Waals surface area contributed by atoms with E-state index in [9.17, 15) is 4.79 Å². The molecule has 2 aromatic rings. The Hall–Kier alpha value is -1.97. The van der Waals surface area contributed by atoms with Crippen LogP contribution in [0.2, 0.25) is 0 Å². The molecule has 0 aromatic carbocycles. The second-order valence-electron chi connectivity index (χ2n) is 3.59. The van der Waals surface area contributed by atoms with Crippen molar-refractivity contribution in [2.24, 2.45) is 0 Å². The van der Waals surface area contributed by atoms with Crippen LogP contribution in [0.5, 0.6) is 0 Å². The highest BCUT2D eigenvalue weighted by Crippen LogP contribution is 2.12. The molecule has 2 heterocycles.